The Morgan fingerprint density at radius 2 is 1.89 bits per heavy atom. The summed E-state index contributed by atoms with van der Waals surface area (Å²) in [5, 5.41) is 10.6. The van der Waals surface area contributed by atoms with E-state index in [1.165, 1.54) is 12.1 Å². The van der Waals surface area contributed by atoms with Gasteiger partial charge < -0.3 is 5.73 Å². The molecule has 0 aliphatic heterocycles. The second kappa shape index (κ2) is 5.11. The second-order valence-corrected chi connectivity index (χ2v) is 4.44. The lowest BCUT2D eigenvalue weighted by atomic mass is 10.1. The number of non-ortho nitro benzene ring substituents is 1. The van der Waals surface area contributed by atoms with Gasteiger partial charge in [-0.3, -0.25) is 15.1 Å². The molecule has 0 aliphatic rings. The van der Waals surface area contributed by atoms with Gasteiger partial charge >= 0.3 is 0 Å². The highest BCUT2D eigenvalue weighted by molar-refractivity contribution is 7.80. The van der Waals surface area contributed by atoms with Gasteiger partial charge in [-0.05, 0) is 31.2 Å². The predicted molar refractivity (Wildman–Crippen MR) is 77.0 cm³/mol. The van der Waals surface area contributed by atoms with Crippen molar-refractivity contribution in [3.63, 3.8) is 0 Å². The quantitative estimate of drug-likeness (QED) is 0.528. The van der Waals surface area contributed by atoms with Crippen LogP contribution in [0.3, 0.4) is 0 Å². The van der Waals surface area contributed by atoms with Crippen molar-refractivity contribution in [1.82, 2.24) is 4.98 Å². The monoisotopic (exact) mass is 273 g/mol. The Morgan fingerprint density at radius 1 is 1.26 bits per heavy atom. The first-order valence-corrected chi connectivity index (χ1v) is 5.92. The largest absolute Gasteiger partial charge is 0.389 e. The fraction of sp³-hybridized carbons (Fsp3) is 0.0769. The molecule has 2 aromatic rings. The van der Waals surface area contributed by atoms with E-state index in [1.54, 1.807) is 24.3 Å². The molecule has 2 N–H and O–H groups in total. The molecule has 2 rings (SSSR count). The Hall–Kier alpha value is -2.34. The van der Waals surface area contributed by atoms with Gasteiger partial charge in [-0.1, -0.05) is 12.2 Å². The summed E-state index contributed by atoms with van der Waals surface area (Å²) in [5.74, 6) is 0. The fourth-order valence-electron chi connectivity index (χ4n) is 1.74. The molecule has 0 atom stereocenters. The summed E-state index contributed by atoms with van der Waals surface area (Å²) in [6.07, 6.45) is 0. The summed E-state index contributed by atoms with van der Waals surface area (Å²) >= 11 is 4.92. The zero-order valence-corrected chi connectivity index (χ0v) is 11.0. The van der Waals surface area contributed by atoms with Crippen molar-refractivity contribution in [3.8, 4) is 11.3 Å². The van der Waals surface area contributed by atoms with Crippen LogP contribution in [0.2, 0.25) is 0 Å². The van der Waals surface area contributed by atoms with E-state index in [1.807, 2.05) is 6.92 Å². The Balaban J connectivity index is 2.39. The van der Waals surface area contributed by atoms with Crippen LogP contribution in [0.4, 0.5) is 5.69 Å². The summed E-state index contributed by atoms with van der Waals surface area (Å²) in [5.41, 5.74) is 8.64. The molecule has 96 valence electrons. The minimum Gasteiger partial charge on any atom is -0.389 e. The summed E-state index contributed by atoms with van der Waals surface area (Å²) in [4.78, 5) is 14.9. The van der Waals surface area contributed by atoms with E-state index >= 15 is 0 Å². The molecule has 0 bridgehead atoms. The molecule has 1 aromatic heterocycles. The van der Waals surface area contributed by atoms with Crippen LogP contribution in [-0.2, 0) is 0 Å². The van der Waals surface area contributed by atoms with Gasteiger partial charge in [-0.15, -0.1) is 0 Å². The van der Waals surface area contributed by atoms with Crippen LogP contribution >= 0.6 is 12.2 Å². The highest BCUT2D eigenvalue weighted by Crippen LogP contribution is 2.21. The number of nitrogens with zero attached hydrogens (tertiary/aromatic N) is 2. The van der Waals surface area contributed by atoms with E-state index in [2.05, 4.69) is 4.98 Å². The first-order chi connectivity index (χ1) is 8.99. The third kappa shape index (κ3) is 2.74. The van der Waals surface area contributed by atoms with Gasteiger partial charge in [-0.2, -0.15) is 0 Å². The minimum atomic E-state index is -0.432. The number of aromatic nitrogens is 1. The first kappa shape index (κ1) is 13.1. The maximum absolute atomic E-state index is 10.6. The van der Waals surface area contributed by atoms with Crippen molar-refractivity contribution < 1.29 is 4.92 Å². The van der Waals surface area contributed by atoms with Gasteiger partial charge in [0.15, 0.2) is 0 Å². The minimum absolute atomic E-state index is 0.0558. The maximum atomic E-state index is 10.6. The molecule has 0 saturated carbocycles. The van der Waals surface area contributed by atoms with E-state index in [0.717, 1.165) is 22.5 Å². The number of nitro groups is 1. The molecule has 0 spiro atoms. The van der Waals surface area contributed by atoms with E-state index in [4.69, 9.17) is 18.0 Å². The van der Waals surface area contributed by atoms with Crippen molar-refractivity contribution in [2.75, 3.05) is 0 Å². The van der Waals surface area contributed by atoms with Gasteiger partial charge in [0.25, 0.3) is 5.69 Å². The molecule has 0 unspecified atom stereocenters. The average Bonchev–Trinajstić information content (AvgIpc) is 2.38. The van der Waals surface area contributed by atoms with Crippen LogP contribution < -0.4 is 5.73 Å². The lowest BCUT2D eigenvalue weighted by Gasteiger charge is -2.06. The number of thiocarbonyl (C=S) groups is 1. The predicted octanol–water partition coefficient (Wildman–Crippen LogP) is 2.60. The fourth-order valence-corrected chi connectivity index (χ4v) is 1.95. The summed E-state index contributed by atoms with van der Waals surface area (Å²) in [6, 6.07) is 9.84. The second-order valence-electron chi connectivity index (χ2n) is 4.00. The van der Waals surface area contributed by atoms with Crippen molar-refractivity contribution in [3.05, 3.63) is 57.8 Å². The van der Waals surface area contributed by atoms with E-state index < -0.39 is 4.92 Å². The third-order valence-corrected chi connectivity index (χ3v) is 2.95. The summed E-state index contributed by atoms with van der Waals surface area (Å²) < 4.78 is 0. The molecular formula is C13H11N3O2S. The van der Waals surface area contributed by atoms with Crippen LogP contribution in [0.25, 0.3) is 11.3 Å². The Kier molecular flexibility index (Phi) is 3.52. The van der Waals surface area contributed by atoms with Crippen LogP contribution in [0.1, 0.15) is 11.3 Å². The van der Waals surface area contributed by atoms with E-state index in [0.29, 0.717) is 4.99 Å². The van der Waals surface area contributed by atoms with Gasteiger partial charge in [0.05, 0.1) is 10.6 Å². The number of nitro benzene ring substituents is 1. The van der Waals surface area contributed by atoms with Gasteiger partial charge in [0.2, 0.25) is 0 Å². The Morgan fingerprint density at radius 3 is 2.37 bits per heavy atom. The Bertz CT molecular complexity index is 653. The lowest BCUT2D eigenvalue weighted by molar-refractivity contribution is -0.384. The molecule has 1 heterocycles. The molecule has 0 saturated heterocycles. The highest BCUT2D eigenvalue weighted by atomic mass is 32.1. The zero-order valence-electron chi connectivity index (χ0n) is 10.2. The van der Waals surface area contributed by atoms with Crippen molar-refractivity contribution in [1.29, 1.82) is 0 Å². The van der Waals surface area contributed by atoms with Crippen molar-refractivity contribution in [2.24, 2.45) is 5.73 Å². The number of aryl methyl sites for hydroxylation is 1. The normalized spacial score (nSPS) is 10.2. The van der Waals surface area contributed by atoms with Crippen molar-refractivity contribution >= 4 is 22.9 Å². The third-order valence-electron chi connectivity index (χ3n) is 2.73. The number of hydrogen-bond acceptors (Lipinski definition) is 4. The summed E-state index contributed by atoms with van der Waals surface area (Å²) in [7, 11) is 0. The van der Waals surface area contributed by atoms with E-state index in [-0.39, 0.29) is 5.69 Å². The van der Waals surface area contributed by atoms with Gasteiger partial charge in [0, 0.05) is 29.0 Å². The zero-order chi connectivity index (χ0) is 14.0. The van der Waals surface area contributed by atoms with Crippen LogP contribution in [0.15, 0.2) is 36.4 Å². The smallest absolute Gasteiger partial charge is 0.269 e. The molecule has 1 aromatic carbocycles. The average molecular weight is 273 g/mol. The van der Waals surface area contributed by atoms with Crippen LogP contribution in [0.5, 0.6) is 0 Å². The molecular weight excluding hydrogens is 262 g/mol. The number of benzene rings is 1. The maximum Gasteiger partial charge on any atom is 0.269 e. The molecule has 0 radical (unpaired) electrons. The molecule has 6 heteroatoms. The molecule has 19 heavy (non-hydrogen) atoms. The molecule has 0 amide bonds. The Labute approximate surface area is 115 Å². The van der Waals surface area contributed by atoms with Crippen molar-refractivity contribution in [2.45, 2.75) is 6.92 Å². The number of pyridine rings is 1. The van der Waals surface area contributed by atoms with E-state index in [9.17, 15) is 10.1 Å². The molecule has 5 nitrogen and oxygen atoms in total. The van der Waals surface area contributed by atoms with Crippen LogP contribution in [0, 0.1) is 17.0 Å². The molecule has 0 fully saturated rings. The lowest BCUT2D eigenvalue weighted by Crippen LogP contribution is -2.12. The standard InChI is InChI=1S/C13H11N3O2S/c1-8-11(13(14)19)6-7-12(15-8)9-2-4-10(5-3-9)16(17)18/h2-7H,1H3,(H2,14,19). The number of nitrogens with two attached hydrogens (primary N) is 1. The van der Waals surface area contributed by atoms with Gasteiger partial charge in [-0.25, -0.2) is 0 Å². The number of hydrogen-bond donors (Lipinski definition) is 1. The summed E-state index contributed by atoms with van der Waals surface area (Å²) in [6.45, 7) is 1.82. The van der Waals surface area contributed by atoms with Gasteiger partial charge in [0.1, 0.15) is 4.99 Å². The SMILES string of the molecule is Cc1nc(-c2ccc([N+](=O)[O-])cc2)ccc1C(N)=S. The first-order valence-electron chi connectivity index (χ1n) is 5.51. The van der Waals surface area contributed by atoms with Crippen LogP contribution in [-0.4, -0.2) is 14.9 Å². The number of rotatable bonds is 3. The highest BCUT2D eigenvalue weighted by Gasteiger charge is 2.08. The molecule has 0 aliphatic carbocycles. The topological polar surface area (TPSA) is 82.0 Å².